The predicted molar refractivity (Wildman–Crippen MR) is 78.1 cm³/mol. The van der Waals surface area contributed by atoms with E-state index in [4.69, 9.17) is 4.74 Å². The van der Waals surface area contributed by atoms with Crippen LogP contribution in [0.5, 0.6) is 0 Å². The van der Waals surface area contributed by atoms with E-state index in [1.807, 2.05) is 0 Å². The SMILES string of the molecule is COCCN(Cc1nc(C(=O)OC)cs1)C(=O)C1CCC1. The lowest BCUT2D eigenvalue weighted by molar-refractivity contribution is -0.139. The van der Waals surface area contributed by atoms with Gasteiger partial charge in [0.25, 0.3) is 0 Å². The Morgan fingerprint density at radius 3 is 2.76 bits per heavy atom. The summed E-state index contributed by atoms with van der Waals surface area (Å²) in [6.07, 6.45) is 3.06. The molecular weight excluding hydrogens is 292 g/mol. The lowest BCUT2D eigenvalue weighted by Crippen LogP contribution is -2.40. The first kappa shape index (κ1) is 15.9. The van der Waals surface area contributed by atoms with Crippen molar-refractivity contribution in [2.45, 2.75) is 25.8 Å². The summed E-state index contributed by atoms with van der Waals surface area (Å²) in [7, 11) is 2.94. The second-order valence-corrected chi connectivity index (χ2v) is 5.94. The highest BCUT2D eigenvalue weighted by Gasteiger charge is 2.29. The molecule has 2 rings (SSSR count). The molecule has 0 aromatic carbocycles. The largest absolute Gasteiger partial charge is 0.464 e. The molecule has 21 heavy (non-hydrogen) atoms. The Morgan fingerprint density at radius 1 is 1.43 bits per heavy atom. The van der Waals surface area contributed by atoms with Crippen molar-refractivity contribution in [3.05, 3.63) is 16.1 Å². The standard InChI is InChI=1S/C14H20N2O4S/c1-19-7-6-16(13(17)10-4-3-5-10)8-12-15-11(9-21-12)14(18)20-2/h9-10H,3-8H2,1-2H3. The van der Waals surface area contributed by atoms with E-state index in [9.17, 15) is 9.59 Å². The first-order chi connectivity index (χ1) is 10.2. The maximum atomic E-state index is 12.4. The molecule has 0 N–H and O–H groups in total. The molecule has 1 aliphatic rings. The lowest BCUT2D eigenvalue weighted by Gasteiger charge is -2.31. The van der Waals surface area contributed by atoms with Crippen LogP contribution in [0.25, 0.3) is 0 Å². The Bertz CT molecular complexity index is 499. The fraction of sp³-hybridized carbons (Fsp3) is 0.643. The molecule has 0 bridgehead atoms. The van der Waals surface area contributed by atoms with Crippen LogP contribution in [0.3, 0.4) is 0 Å². The number of carbonyl (C=O) groups excluding carboxylic acids is 2. The van der Waals surface area contributed by atoms with Gasteiger partial charge in [0.05, 0.1) is 20.3 Å². The van der Waals surface area contributed by atoms with Gasteiger partial charge in [-0.2, -0.15) is 0 Å². The van der Waals surface area contributed by atoms with E-state index in [2.05, 4.69) is 9.72 Å². The van der Waals surface area contributed by atoms with Crippen molar-refractivity contribution < 1.29 is 19.1 Å². The number of ether oxygens (including phenoxy) is 2. The Balaban J connectivity index is 2.01. The summed E-state index contributed by atoms with van der Waals surface area (Å²) in [5, 5.41) is 2.39. The number of nitrogens with zero attached hydrogens (tertiary/aromatic N) is 2. The minimum Gasteiger partial charge on any atom is -0.464 e. The second-order valence-electron chi connectivity index (χ2n) is 5.00. The maximum absolute atomic E-state index is 12.4. The average molecular weight is 312 g/mol. The second kappa shape index (κ2) is 7.51. The van der Waals surface area contributed by atoms with Gasteiger partial charge >= 0.3 is 5.97 Å². The van der Waals surface area contributed by atoms with Crippen molar-refractivity contribution in [2.24, 2.45) is 5.92 Å². The van der Waals surface area contributed by atoms with Crippen LogP contribution in [0.2, 0.25) is 0 Å². The van der Waals surface area contributed by atoms with Gasteiger partial charge in [-0.05, 0) is 12.8 Å². The van der Waals surface area contributed by atoms with E-state index >= 15 is 0 Å². The normalized spacial score (nSPS) is 14.6. The summed E-state index contributed by atoms with van der Waals surface area (Å²) in [5.41, 5.74) is 0.292. The average Bonchev–Trinajstić information content (AvgIpc) is 2.89. The molecule has 1 aromatic heterocycles. The van der Waals surface area contributed by atoms with Crippen LogP contribution >= 0.6 is 11.3 Å². The quantitative estimate of drug-likeness (QED) is 0.717. The van der Waals surface area contributed by atoms with Gasteiger partial charge in [0, 0.05) is 25.0 Å². The first-order valence-corrected chi connectivity index (χ1v) is 7.84. The van der Waals surface area contributed by atoms with Crippen molar-refractivity contribution in [2.75, 3.05) is 27.4 Å². The van der Waals surface area contributed by atoms with E-state index in [1.54, 1.807) is 17.4 Å². The van der Waals surface area contributed by atoms with Crippen LogP contribution in [0.4, 0.5) is 0 Å². The van der Waals surface area contributed by atoms with Crippen molar-refractivity contribution in [1.29, 1.82) is 0 Å². The number of aromatic nitrogens is 1. The third-order valence-electron chi connectivity index (χ3n) is 3.60. The van der Waals surface area contributed by atoms with Gasteiger partial charge in [0.15, 0.2) is 5.69 Å². The van der Waals surface area contributed by atoms with E-state index in [0.717, 1.165) is 24.3 Å². The fourth-order valence-corrected chi connectivity index (χ4v) is 2.91. The van der Waals surface area contributed by atoms with E-state index in [1.165, 1.54) is 18.4 Å². The molecule has 116 valence electrons. The Morgan fingerprint density at radius 2 is 2.19 bits per heavy atom. The molecule has 1 saturated carbocycles. The zero-order chi connectivity index (χ0) is 15.2. The molecule has 1 aliphatic carbocycles. The molecule has 0 radical (unpaired) electrons. The van der Waals surface area contributed by atoms with Gasteiger partial charge in [-0.25, -0.2) is 9.78 Å². The molecule has 0 saturated heterocycles. The fourth-order valence-electron chi connectivity index (χ4n) is 2.13. The highest BCUT2D eigenvalue weighted by molar-refractivity contribution is 7.09. The van der Waals surface area contributed by atoms with Crippen LogP contribution in [0.15, 0.2) is 5.38 Å². The van der Waals surface area contributed by atoms with Crippen LogP contribution in [0.1, 0.15) is 34.8 Å². The highest BCUT2D eigenvalue weighted by Crippen LogP contribution is 2.29. The smallest absolute Gasteiger partial charge is 0.357 e. The topological polar surface area (TPSA) is 68.7 Å². The van der Waals surface area contributed by atoms with Gasteiger partial charge in [-0.1, -0.05) is 6.42 Å². The van der Waals surface area contributed by atoms with Gasteiger partial charge in [-0.3, -0.25) is 4.79 Å². The zero-order valence-corrected chi connectivity index (χ0v) is 13.1. The summed E-state index contributed by atoms with van der Waals surface area (Å²) in [5.74, 6) is -0.152. The molecule has 7 heteroatoms. The van der Waals surface area contributed by atoms with Crippen molar-refractivity contribution in [3.63, 3.8) is 0 Å². The van der Waals surface area contributed by atoms with E-state index in [0.29, 0.717) is 25.4 Å². The summed E-state index contributed by atoms with van der Waals surface area (Å²) in [4.78, 5) is 29.8. The van der Waals surface area contributed by atoms with Gasteiger partial charge in [0.1, 0.15) is 5.01 Å². The highest BCUT2D eigenvalue weighted by atomic mass is 32.1. The minimum absolute atomic E-state index is 0.141. The summed E-state index contributed by atoms with van der Waals surface area (Å²) in [6.45, 7) is 1.45. The van der Waals surface area contributed by atoms with Crippen LogP contribution in [-0.2, 0) is 20.8 Å². The van der Waals surface area contributed by atoms with Crippen LogP contribution < -0.4 is 0 Å². The molecule has 1 fully saturated rings. The van der Waals surface area contributed by atoms with Gasteiger partial charge in [-0.15, -0.1) is 11.3 Å². The lowest BCUT2D eigenvalue weighted by atomic mass is 9.84. The third kappa shape index (κ3) is 4.01. The number of hydrogen-bond acceptors (Lipinski definition) is 6. The Kier molecular flexibility index (Phi) is 5.69. The number of methoxy groups -OCH3 is 2. The molecule has 0 aliphatic heterocycles. The van der Waals surface area contributed by atoms with E-state index < -0.39 is 5.97 Å². The monoisotopic (exact) mass is 312 g/mol. The molecule has 1 heterocycles. The third-order valence-corrected chi connectivity index (χ3v) is 4.44. The summed E-state index contributed by atoms with van der Waals surface area (Å²) >= 11 is 1.36. The van der Waals surface area contributed by atoms with Crippen LogP contribution in [-0.4, -0.2) is 49.1 Å². The summed E-state index contributed by atoms with van der Waals surface area (Å²) in [6, 6.07) is 0. The number of carbonyl (C=O) groups is 2. The molecule has 1 amide bonds. The van der Waals surface area contributed by atoms with Crippen molar-refractivity contribution in [1.82, 2.24) is 9.88 Å². The van der Waals surface area contributed by atoms with Crippen LogP contribution in [0, 0.1) is 5.92 Å². The van der Waals surface area contributed by atoms with Gasteiger partial charge < -0.3 is 14.4 Å². The number of esters is 1. The zero-order valence-electron chi connectivity index (χ0n) is 12.3. The van der Waals surface area contributed by atoms with Crippen molar-refractivity contribution in [3.8, 4) is 0 Å². The Hall–Kier alpha value is -1.47. The number of amides is 1. The van der Waals surface area contributed by atoms with Gasteiger partial charge in [0.2, 0.25) is 5.91 Å². The first-order valence-electron chi connectivity index (χ1n) is 6.96. The predicted octanol–water partition coefficient (Wildman–Crippen LogP) is 1.70. The number of thiazole rings is 1. The van der Waals surface area contributed by atoms with Crippen molar-refractivity contribution >= 4 is 23.2 Å². The summed E-state index contributed by atoms with van der Waals surface area (Å²) < 4.78 is 9.70. The molecule has 0 spiro atoms. The number of rotatable bonds is 7. The molecule has 0 unspecified atom stereocenters. The molecule has 0 atom stereocenters. The maximum Gasteiger partial charge on any atom is 0.357 e. The molecular formula is C14H20N2O4S. The number of hydrogen-bond donors (Lipinski definition) is 0. The molecule has 1 aromatic rings. The van der Waals surface area contributed by atoms with E-state index in [-0.39, 0.29) is 11.8 Å². The molecule has 6 nitrogen and oxygen atoms in total. The minimum atomic E-state index is -0.453. The Labute approximate surface area is 128 Å².